The van der Waals surface area contributed by atoms with Crippen LogP contribution >= 0.6 is 0 Å². The molecule has 90 valence electrons. The van der Waals surface area contributed by atoms with E-state index in [9.17, 15) is 9.59 Å². The molecule has 17 heavy (non-hydrogen) atoms. The van der Waals surface area contributed by atoms with Crippen molar-refractivity contribution in [3.8, 4) is 0 Å². The molecule has 1 aromatic rings. The number of rotatable bonds is 4. The Kier molecular flexibility index (Phi) is 4.94. The smallest absolute Gasteiger partial charge is 0.330 e. The van der Waals surface area contributed by atoms with Crippen LogP contribution in [0.2, 0.25) is 0 Å². The number of benzene rings is 1. The highest BCUT2D eigenvalue weighted by Crippen LogP contribution is 2.10. The minimum atomic E-state index is -0.363. The average molecular weight is 233 g/mol. The van der Waals surface area contributed by atoms with Crippen molar-refractivity contribution in [1.29, 1.82) is 0 Å². The molecule has 0 aliphatic rings. The van der Waals surface area contributed by atoms with Crippen molar-refractivity contribution in [2.24, 2.45) is 0 Å². The van der Waals surface area contributed by atoms with Gasteiger partial charge in [-0.2, -0.15) is 0 Å². The standard InChI is InChI=1S/C13H15NO3/c1-3-17-13(16)9-6-11-4-7-12(8-5-11)14-10(2)15/h4-9H,3H2,1-2H3,(H,14,15)/b9-6+. The maximum absolute atomic E-state index is 11.1. The Bertz CT molecular complexity index is 421. The van der Waals surface area contributed by atoms with Gasteiger partial charge < -0.3 is 10.1 Å². The van der Waals surface area contributed by atoms with Gasteiger partial charge in [0.25, 0.3) is 0 Å². The molecule has 0 atom stereocenters. The largest absolute Gasteiger partial charge is 0.463 e. The molecule has 1 amide bonds. The summed E-state index contributed by atoms with van der Waals surface area (Å²) in [5, 5.41) is 2.66. The van der Waals surface area contributed by atoms with Gasteiger partial charge in [0.15, 0.2) is 0 Å². The molecule has 0 aliphatic carbocycles. The number of carbonyl (C=O) groups is 2. The van der Waals surface area contributed by atoms with Gasteiger partial charge in [-0.05, 0) is 30.7 Å². The Labute approximate surface area is 100 Å². The molecule has 0 heterocycles. The van der Waals surface area contributed by atoms with E-state index in [1.807, 2.05) is 0 Å². The minimum Gasteiger partial charge on any atom is -0.463 e. The third kappa shape index (κ3) is 4.97. The Morgan fingerprint density at radius 2 is 1.94 bits per heavy atom. The topological polar surface area (TPSA) is 55.4 Å². The fourth-order valence-corrected chi connectivity index (χ4v) is 1.24. The highest BCUT2D eigenvalue weighted by molar-refractivity contribution is 5.89. The molecule has 0 aromatic heterocycles. The summed E-state index contributed by atoms with van der Waals surface area (Å²) in [4.78, 5) is 21.9. The fraction of sp³-hybridized carbons (Fsp3) is 0.231. The predicted molar refractivity (Wildman–Crippen MR) is 66.4 cm³/mol. The molecule has 0 unspecified atom stereocenters. The van der Waals surface area contributed by atoms with Crippen LogP contribution in [0.25, 0.3) is 6.08 Å². The second kappa shape index (κ2) is 6.48. The Morgan fingerprint density at radius 3 is 2.47 bits per heavy atom. The van der Waals surface area contributed by atoms with Crippen molar-refractivity contribution in [1.82, 2.24) is 0 Å². The van der Waals surface area contributed by atoms with Crippen LogP contribution in [0.3, 0.4) is 0 Å². The summed E-state index contributed by atoms with van der Waals surface area (Å²) in [6.07, 6.45) is 3.03. The lowest BCUT2D eigenvalue weighted by molar-refractivity contribution is -0.137. The predicted octanol–water partition coefficient (Wildman–Crippen LogP) is 2.22. The highest BCUT2D eigenvalue weighted by atomic mass is 16.5. The van der Waals surface area contributed by atoms with Gasteiger partial charge in [-0.25, -0.2) is 4.79 Å². The first-order valence-corrected chi connectivity index (χ1v) is 5.34. The summed E-state index contributed by atoms with van der Waals surface area (Å²) < 4.78 is 4.76. The van der Waals surface area contributed by atoms with E-state index in [-0.39, 0.29) is 11.9 Å². The number of carbonyl (C=O) groups excluding carboxylic acids is 2. The van der Waals surface area contributed by atoms with Gasteiger partial charge in [0.2, 0.25) is 5.91 Å². The number of hydrogen-bond donors (Lipinski definition) is 1. The molecule has 0 fully saturated rings. The van der Waals surface area contributed by atoms with Crippen LogP contribution < -0.4 is 5.32 Å². The van der Waals surface area contributed by atoms with E-state index >= 15 is 0 Å². The Balaban J connectivity index is 2.62. The summed E-state index contributed by atoms with van der Waals surface area (Å²) in [6, 6.07) is 7.15. The maximum atomic E-state index is 11.1. The molecule has 4 heteroatoms. The van der Waals surface area contributed by atoms with Crippen LogP contribution in [-0.4, -0.2) is 18.5 Å². The van der Waals surface area contributed by atoms with Gasteiger partial charge in [0, 0.05) is 18.7 Å². The molecule has 1 N–H and O–H groups in total. The maximum Gasteiger partial charge on any atom is 0.330 e. The van der Waals surface area contributed by atoms with Crippen molar-refractivity contribution < 1.29 is 14.3 Å². The first-order valence-electron chi connectivity index (χ1n) is 5.34. The third-order valence-electron chi connectivity index (χ3n) is 1.93. The van der Waals surface area contributed by atoms with E-state index in [0.717, 1.165) is 11.3 Å². The normalized spacial score (nSPS) is 10.2. The van der Waals surface area contributed by atoms with Crippen LogP contribution in [-0.2, 0) is 14.3 Å². The SMILES string of the molecule is CCOC(=O)/C=C/c1ccc(NC(C)=O)cc1. The van der Waals surface area contributed by atoms with Gasteiger partial charge in [0.1, 0.15) is 0 Å². The summed E-state index contributed by atoms with van der Waals surface area (Å²) in [5.41, 5.74) is 1.60. The van der Waals surface area contributed by atoms with Crippen LogP contribution in [0.4, 0.5) is 5.69 Å². The van der Waals surface area contributed by atoms with Crippen molar-refractivity contribution >= 4 is 23.6 Å². The van der Waals surface area contributed by atoms with Crippen molar-refractivity contribution in [3.63, 3.8) is 0 Å². The minimum absolute atomic E-state index is 0.111. The fourth-order valence-electron chi connectivity index (χ4n) is 1.24. The third-order valence-corrected chi connectivity index (χ3v) is 1.93. The van der Waals surface area contributed by atoms with Gasteiger partial charge in [0.05, 0.1) is 6.61 Å². The lowest BCUT2D eigenvalue weighted by Crippen LogP contribution is -2.05. The van der Waals surface area contributed by atoms with E-state index in [1.54, 1.807) is 37.3 Å². The second-order valence-electron chi connectivity index (χ2n) is 3.39. The second-order valence-corrected chi connectivity index (χ2v) is 3.39. The van der Waals surface area contributed by atoms with E-state index in [4.69, 9.17) is 4.74 Å². The Morgan fingerprint density at radius 1 is 1.29 bits per heavy atom. The zero-order valence-electron chi connectivity index (χ0n) is 9.90. The molecule has 1 aromatic carbocycles. The number of amides is 1. The summed E-state index contributed by atoms with van der Waals surface area (Å²) in [6.45, 7) is 3.58. The van der Waals surface area contributed by atoms with Crippen LogP contribution in [0.1, 0.15) is 19.4 Å². The quantitative estimate of drug-likeness (QED) is 0.640. The number of ether oxygens (including phenoxy) is 1. The van der Waals surface area contributed by atoms with E-state index in [1.165, 1.54) is 13.0 Å². The summed E-state index contributed by atoms with van der Waals surface area (Å²) >= 11 is 0. The monoisotopic (exact) mass is 233 g/mol. The van der Waals surface area contributed by atoms with Gasteiger partial charge >= 0.3 is 5.97 Å². The van der Waals surface area contributed by atoms with Gasteiger partial charge in [-0.15, -0.1) is 0 Å². The average Bonchev–Trinajstić information content (AvgIpc) is 2.28. The molecule has 0 radical (unpaired) electrons. The molecule has 0 aliphatic heterocycles. The molecule has 0 spiro atoms. The zero-order valence-corrected chi connectivity index (χ0v) is 9.90. The van der Waals surface area contributed by atoms with E-state index < -0.39 is 0 Å². The molecule has 0 bridgehead atoms. The first kappa shape index (κ1) is 13.0. The summed E-state index contributed by atoms with van der Waals surface area (Å²) in [5.74, 6) is -0.474. The van der Waals surface area contributed by atoms with Gasteiger partial charge in [-0.3, -0.25) is 4.79 Å². The Hall–Kier alpha value is -2.10. The van der Waals surface area contributed by atoms with Crippen molar-refractivity contribution in [2.75, 3.05) is 11.9 Å². The molecular weight excluding hydrogens is 218 g/mol. The van der Waals surface area contributed by atoms with Crippen LogP contribution in [0.5, 0.6) is 0 Å². The van der Waals surface area contributed by atoms with E-state index in [2.05, 4.69) is 5.32 Å². The van der Waals surface area contributed by atoms with Crippen molar-refractivity contribution in [3.05, 3.63) is 35.9 Å². The molecule has 0 saturated carbocycles. The highest BCUT2D eigenvalue weighted by Gasteiger charge is 1.96. The molecular formula is C13H15NO3. The van der Waals surface area contributed by atoms with Crippen LogP contribution in [0.15, 0.2) is 30.3 Å². The molecule has 1 rings (SSSR count). The van der Waals surface area contributed by atoms with Crippen LogP contribution in [0, 0.1) is 0 Å². The number of nitrogens with one attached hydrogen (secondary N) is 1. The van der Waals surface area contributed by atoms with Crippen molar-refractivity contribution in [2.45, 2.75) is 13.8 Å². The number of esters is 1. The lowest BCUT2D eigenvalue weighted by atomic mass is 10.2. The zero-order chi connectivity index (χ0) is 12.7. The molecule has 0 saturated heterocycles. The molecule has 4 nitrogen and oxygen atoms in total. The summed E-state index contributed by atoms with van der Waals surface area (Å²) in [7, 11) is 0. The van der Waals surface area contributed by atoms with E-state index in [0.29, 0.717) is 6.61 Å². The number of anilines is 1. The number of hydrogen-bond acceptors (Lipinski definition) is 3. The lowest BCUT2D eigenvalue weighted by Gasteiger charge is -2.01. The van der Waals surface area contributed by atoms with Gasteiger partial charge in [-0.1, -0.05) is 12.1 Å². The first-order chi connectivity index (χ1) is 8.11.